The van der Waals surface area contributed by atoms with Crippen molar-refractivity contribution in [3.8, 4) is 0 Å². The summed E-state index contributed by atoms with van der Waals surface area (Å²) in [5.74, 6) is -0.119. The van der Waals surface area contributed by atoms with Gasteiger partial charge in [0.1, 0.15) is 6.04 Å². The number of alkyl halides is 6. The second-order valence-corrected chi connectivity index (χ2v) is 9.05. The van der Waals surface area contributed by atoms with Gasteiger partial charge in [-0.25, -0.2) is 8.42 Å². The summed E-state index contributed by atoms with van der Waals surface area (Å²) in [6, 6.07) is -0.927. The molecule has 5 nitrogen and oxygen atoms in total. The molecule has 1 aromatic rings. The van der Waals surface area contributed by atoms with Gasteiger partial charge in [0.25, 0.3) is 0 Å². The van der Waals surface area contributed by atoms with E-state index in [4.69, 9.17) is 4.65 Å². The highest BCUT2D eigenvalue weighted by molar-refractivity contribution is 7.89. The molecule has 0 spiro atoms. The molecule has 1 aromatic carbocycles. The lowest BCUT2D eigenvalue weighted by molar-refractivity contribution is -0.147. The monoisotopic (exact) mass is 449 g/mol. The van der Waals surface area contributed by atoms with Crippen LogP contribution in [0.4, 0.5) is 26.3 Å². The van der Waals surface area contributed by atoms with E-state index in [1.165, 1.54) is 4.72 Å². The molecule has 0 saturated carbocycles. The van der Waals surface area contributed by atoms with Crippen molar-refractivity contribution in [3.63, 3.8) is 0 Å². The number of rotatable bonds is 7. The second kappa shape index (κ2) is 8.44. The Balaban J connectivity index is 3.39. The lowest BCUT2D eigenvalue weighted by atomic mass is 9.76. The number of hydrogen-bond acceptors (Lipinski definition) is 4. The first-order valence-electron chi connectivity index (χ1n) is 8.45. The maximum atomic E-state index is 13.4. The van der Waals surface area contributed by atoms with Crippen LogP contribution >= 0.6 is 0 Å². The summed E-state index contributed by atoms with van der Waals surface area (Å²) < 4.78 is 109. The molecule has 0 aliphatic heterocycles. The third-order valence-electron chi connectivity index (χ3n) is 4.51. The topological polar surface area (TPSA) is 75.6 Å². The van der Waals surface area contributed by atoms with Crippen LogP contribution < -0.4 is 10.2 Å². The lowest BCUT2D eigenvalue weighted by Gasteiger charge is -2.31. The van der Waals surface area contributed by atoms with Gasteiger partial charge in [-0.2, -0.15) is 31.1 Å². The molecule has 166 valence electrons. The fourth-order valence-corrected chi connectivity index (χ4v) is 3.45. The minimum absolute atomic E-state index is 0.119. The smallest absolute Gasteiger partial charge is 0.423 e. The van der Waals surface area contributed by atoms with Crippen LogP contribution in [0.1, 0.15) is 40.2 Å². The predicted molar refractivity (Wildman–Crippen MR) is 94.9 cm³/mol. The second-order valence-electron chi connectivity index (χ2n) is 7.37. The minimum atomic E-state index is -5.21. The van der Waals surface area contributed by atoms with Crippen LogP contribution in [-0.4, -0.2) is 38.4 Å². The predicted octanol–water partition coefficient (Wildman–Crippen LogP) is 3.07. The first-order chi connectivity index (χ1) is 12.8. The van der Waals surface area contributed by atoms with Crippen molar-refractivity contribution >= 4 is 22.6 Å². The first kappa shape index (κ1) is 25.7. The van der Waals surface area contributed by atoms with E-state index in [0.717, 1.165) is 6.07 Å². The Bertz CT molecular complexity index is 824. The zero-order valence-corrected chi connectivity index (χ0v) is 17.1. The largest absolute Gasteiger partial charge is 0.491 e. The number of halogens is 6. The normalized spacial score (nSPS) is 14.9. The summed E-state index contributed by atoms with van der Waals surface area (Å²) in [5, 5.41) is 10.1. The van der Waals surface area contributed by atoms with Crippen molar-refractivity contribution in [1.29, 1.82) is 0 Å². The van der Waals surface area contributed by atoms with Crippen molar-refractivity contribution in [2.75, 3.05) is 0 Å². The van der Waals surface area contributed by atoms with Crippen molar-refractivity contribution in [2.24, 2.45) is 5.92 Å². The molecule has 0 saturated heterocycles. The number of hydrogen-bond donors (Lipinski definition) is 2. The number of nitrogens with one attached hydrogen (secondary N) is 1. The molecule has 2 N–H and O–H groups in total. The van der Waals surface area contributed by atoms with Gasteiger partial charge in [-0.3, -0.25) is 0 Å². The number of sulfonamides is 1. The molecule has 0 bridgehead atoms. The zero-order chi connectivity index (χ0) is 23.0. The Labute approximate surface area is 165 Å². The van der Waals surface area contributed by atoms with Gasteiger partial charge in [0.2, 0.25) is 10.0 Å². The van der Waals surface area contributed by atoms with Crippen molar-refractivity contribution in [1.82, 2.24) is 4.72 Å². The molecule has 13 heteroatoms. The van der Waals surface area contributed by atoms with E-state index in [1.54, 1.807) is 27.7 Å². The highest BCUT2D eigenvalue weighted by Gasteiger charge is 2.43. The molecule has 0 heterocycles. The highest BCUT2D eigenvalue weighted by Crippen LogP contribution is 2.34. The van der Waals surface area contributed by atoms with Gasteiger partial charge in [-0.05, 0) is 44.3 Å². The minimum Gasteiger partial charge on any atom is -0.423 e. The average molecular weight is 449 g/mol. The molecule has 0 fully saturated rings. The van der Waals surface area contributed by atoms with Crippen molar-refractivity contribution in [3.05, 3.63) is 23.8 Å². The molecule has 1 atom stereocenters. The Morgan fingerprint density at radius 2 is 1.59 bits per heavy atom. The average Bonchev–Trinajstić information content (AvgIpc) is 2.51. The molecule has 0 aliphatic carbocycles. The SMILES string of the molecule is CC(NS(=O)(=O)c1ccc(B(O)OC(C)(C)C(C)C)cc1C(F)(F)F)C(F)(F)F. The molecular weight excluding hydrogens is 427 g/mol. The summed E-state index contributed by atoms with van der Waals surface area (Å²) in [4.78, 5) is -1.39. The Kier molecular flexibility index (Phi) is 7.49. The van der Waals surface area contributed by atoms with E-state index in [-0.39, 0.29) is 5.92 Å². The van der Waals surface area contributed by atoms with Crippen LogP contribution in [0.15, 0.2) is 23.1 Å². The molecule has 0 amide bonds. The standard InChI is InChI=1S/C16H22BF6NO4S/c1-9(2)14(4,5)28-17(25)11-6-7-13(12(8-11)16(21,22)23)29(26,27)24-10(3)15(18,19)20/h6-10,24-25H,1-5H3. The summed E-state index contributed by atoms with van der Waals surface area (Å²) in [6.07, 6.45) is -10.2. The summed E-state index contributed by atoms with van der Waals surface area (Å²) in [6.45, 7) is 7.19. The molecular formula is C16H22BF6NO4S. The van der Waals surface area contributed by atoms with E-state index in [9.17, 15) is 39.8 Å². The van der Waals surface area contributed by atoms with E-state index < -0.39 is 57.1 Å². The van der Waals surface area contributed by atoms with Gasteiger partial charge in [-0.15, -0.1) is 0 Å². The van der Waals surface area contributed by atoms with Gasteiger partial charge in [0, 0.05) is 0 Å². The Hall–Kier alpha value is -1.31. The molecule has 29 heavy (non-hydrogen) atoms. The molecule has 0 aromatic heterocycles. The Morgan fingerprint density at radius 3 is 2.00 bits per heavy atom. The van der Waals surface area contributed by atoms with Crippen LogP contribution in [0, 0.1) is 5.92 Å². The molecule has 1 rings (SSSR count). The number of benzene rings is 1. The molecule has 0 aliphatic rings. The maximum Gasteiger partial charge on any atom is 0.491 e. The Morgan fingerprint density at radius 1 is 1.07 bits per heavy atom. The van der Waals surface area contributed by atoms with E-state index in [1.807, 2.05) is 0 Å². The van der Waals surface area contributed by atoms with Crippen LogP contribution in [0.3, 0.4) is 0 Å². The van der Waals surface area contributed by atoms with Gasteiger partial charge >= 0.3 is 19.5 Å². The van der Waals surface area contributed by atoms with Crippen molar-refractivity contribution < 1.29 is 44.4 Å². The summed E-state index contributed by atoms with van der Waals surface area (Å²) in [5.41, 5.74) is -3.04. The first-order valence-corrected chi connectivity index (χ1v) is 9.93. The molecule has 0 radical (unpaired) electrons. The fourth-order valence-electron chi connectivity index (χ4n) is 2.01. The van der Waals surface area contributed by atoms with Gasteiger partial charge in [-0.1, -0.05) is 19.9 Å². The highest BCUT2D eigenvalue weighted by atomic mass is 32.2. The third kappa shape index (κ3) is 6.59. The van der Waals surface area contributed by atoms with E-state index in [2.05, 4.69) is 0 Å². The molecule has 1 unspecified atom stereocenters. The van der Waals surface area contributed by atoms with Crippen molar-refractivity contribution in [2.45, 2.75) is 63.5 Å². The van der Waals surface area contributed by atoms with Crippen LogP contribution in [0.5, 0.6) is 0 Å². The zero-order valence-electron chi connectivity index (χ0n) is 16.3. The van der Waals surface area contributed by atoms with Gasteiger partial charge in [0.05, 0.1) is 16.1 Å². The quantitative estimate of drug-likeness (QED) is 0.496. The summed E-state index contributed by atoms with van der Waals surface area (Å²) >= 11 is 0. The van der Waals surface area contributed by atoms with Crippen LogP contribution in [-0.2, 0) is 20.9 Å². The van der Waals surface area contributed by atoms with Gasteiger partial charge < -0.3 is 9.68 Å². The maximum absolute atomic E-state index is 13.4. The van der Waals surface area contributed by atoms with Crippen LogP contribution in [0.25, 0.3) is 0 Å². The van der Waals surface area contributed by atoms with E-state index in [0.29, 0.717) is 19.1 Å². The lowest BCUT2D eigenvalue weighted by Crippen LogP contribution is -2.45. The van der Waals surface area contributed by atoms with Gasteiger partial charge in [0.15, 0.2) is 0 Å². The third-order valence-corrected chi connectivity index (χ3v) is 6.11. The van der Waals surface area contributed by atoms with Crippen LogP contribution in [0.2, 0.25) is 0 Å². The summed E-state index contributed by atoms with van der Waals surface area (Å²) in [7, 11) is -6.97. The fraction of sp³-hybridized carbons (Fsp3) is 0.625. The van der Waals surface area contributed by atoms with E-state index >= 15 is 0 Å².